The van der Waals surface area contributed by atoms with Crippen LogP contribution in [-0.2, 0) is 28.6 Å². The number of hydrogen-bond acceptors (Lipinski definition) is 7. The van der Waals surface area contributed by atoms with E-state index in [1.54, 1.807) is 20.8 Å². The first-order valence-electron chi connectivity index (χ1n) is 11.7. The first-order valence-corrected chi connectivity index (χ1v) is 11.7. The molecule has 2 amide bonds. The number of rotatable bonds is 8. The standard InChI is InChI=1S/C27H32N2O7/c1-16(25(32)34-5)28-24(31)22(14-23(30)36-27(2,3)4)29-26(33)35-15-21-19-12-8-6-10-17(19)18-11-7-9-13-20(18)21/h6-13,16,21-22H,14-15H2,1-5H3,(H,28,31)(H,29,33)/t16-,22-/m0/s1. The van der Waals surface area contributed by atoms with Gasteiger partial charge in [0.15, 0.2) is 0 Å². The summed E-state index contributed by atoms with van der Waals surface area (Å²) in [6, 6.07) is 13.5. The fourth-order valence-electron chi connectivity index (χ4n) is 4.09. The molecule has 3 rings (SSSR count). The van der Waals surface area contributed by atoms with Gasteiger partial charge in [0.2, 0.25) is 5.91 Å². The van der Waals surface area contributed by atoms with Crippen molar-refractivity contribution in [1.29, 1.82) is 0 Å². The lowest BCUT2D eigenvalue weighted by molar-refractivity contribution is -0.156. The van der Waals surface area contributed by atoms with Crippen molar-refractivity contribution >= 4 is 23.9 Å². The van der Waals surface area contributed by atoms with Crippen molar-refractivity contribution in [3.05, 3.63) is 59.7 Å². The van der Waals surface area contributed by atoms with Gasteiger partial charge in [-0.25, -0.2) is 9.59 Å². The van der Waals surface area contributed by atoms with E-state index in [1.165, 1.54) is 14.0 Å². The number of methoxy groups -OCH3 is 1. The van der Waals surface area contributed by atoms with Gasteiger partial charge in [0.25, 0.3) is 0 Å². The molecule has 0 bridgehead atoms. The molecule has 0 aliphatic heterocycles. The highest BCUT2D eigenvalue weighted by Gasteiger charge is 2.32. The van der Waals surface area contributed by atoms with Gasteiger partial charge >= 0.3 is 18.0 Å². The van der Waals surface area contributed by atoms with Crippen LogP contribution in [-0.4, -0.2) is 55.3 Å². The molecular formula is C27H32N2O7. The highest BCUT2D eigenvalue weighted by Crippen LogP contribution is 2.44. The van der Waals surface area contributed by atoms with Gasteiger partial charge in [-0.2, -0.15) is 0 Å². The van der Waals surface area contributed by atoms with Crippen LogP contribution in [0.25, 0.3) is 11.1 Å². The summed E-state index contributed by atoms with van der Waals surface area (Å²) in [5.74, 6) is -2.26. The molecule has 0 unspecified atom stereocenters. The first-order chi connectivity index (χ1) is 17.0. The van der Waals surface area contributed by atoms with Crippen LogP contribution in [0.3, 0.4) is 0 Å². The third-order valence-corrected chi connectivity index (χ3v) is 5.66. The highest BCUT2D eigenvalue weighted by atomic mass is 16.6. The van der Waals surface area contributed by atoms with E-state index < -0.39 is 48.0 Å². The molecular weight excluding hydrogens is 464 g/mol. The molecule has 0 fully saturated rings. The van der Waals surface area contributed by atoms with Gasteiger partial charge in [-0.1, -0.05) is 48.5 Å². The van der Waals surface area contributed by atoms with E-state index >= 15 is 0 Å². The second-order valence-corrected chi connectivity index (χ2v) is 9.57. The van der Waals surface area contributed by atoms with Crippen LogP contribution in [0.4, 0.5) is 4.79 Å². The van der Waals surface area contributed by atoms with E-state index in [-0.39, 0.29) is 12.5 Å². The van der Waals surface area contributed by atoms with Gasteiger partial charge in [0.05, 0.1) is 13.5 Å². The van der Waals surface area contributed by atoms with Crippen LogP contribution in [0.15, 0.2) is 48.5 Å². The second kappa shape index (κ2) is 11.2. The Kier molecular flexibility index (Phi) is 8.34. The molecule has 0 heterocycles. The monoisotopic (exact) mass is 496 g/mol. The predicted octanol–water partition coefficient (Wildman–Crippen LogP) is 3.30. The number of benzene rings is 2. The average Bonchev–Trinajstić information content (AvgIpc) is 3.14. The lowest BCUT2D eigenvalue weighted by atomic mass is 9.98. The van der Waals surface area contributed by atoms with Crippen LogP contribution in [0.2, 0.25) is 0 Å². The van der Waals surface area contributed by atoms with Crippen molar-refractivity contribution in [2.45, 2.75) is 57.7 Å². The quantitative estimate of drug-likeness (QED) is 0.425. The van der Waals surface area contributed by atoms with Crippen molar-refractivity contribution in [3.63, 3.8) is 0 Å². The van der Waals surface area contributed by atoms with Crippen molar-refractivity contribution in [3.8, 4) is 11.1 Å². The molecule has 0 aromatic heterocycles. The summed E-state index contributed by atoms with van der Waals surface area (Å²) in [5.41, 5.74) is 3.48. The number of hydrogen-bond donors (Lipinski definition) is 2. The van der Waals surface area contributed by atoms with Crippen LogP contribution >= 0.6 is 0 Å². The second-order valence-electron chi connectivity index (χ2n) is 9.57. The Morgan fingerprint density at radius 1 is 0.917 bits per heavy atom. The lowest BCUT2D eigenvalue weighted by Gasteiger charge is -2.23. The molecule has 1 aliphatic carbocycles. The number of alkyl carbamates (subject to hydrolysis) is 1. The molecule has 9 nitrogen and oxygen atoms in total. The van der Waals surface area contributed by atoms with E-state index in [2.05, 4.69) is 15.4 Å². The zero-order chi connectivity index (χ0) is 26.5. The Morgan fingerprint density at radius 3 is 2.00 bits per heavy atom. The molecule has 0 radical (unpaired) electrons. The largest absolute Gasteiger partial charge is 0.467 e. The SMILES string of the molecule is COC(=O)[C@H](C)NC(=O)[C@H](CC(=O)OC(C)(C)C)NC(=O)OCC1c2ccccc2-c2ccccc21. The fourth-order valence-corrected chi connectivity index (χ4v) is 4.09. The van der Waals surface area contributed by atoms with Gasteiger partial charge in [0.1, 0.15) is 24.3 Å². The maximum atomic E-state index is 12.8. The molecule has 2 atom stereocenters. The summed E-state index contributed by atoms with van der Waals surface area (Å²) in [6.45, 7) is 6.55. The average molecular weight is 497 g/mol. The Hall–Kier alpha value is -3.88. The van der Waals surface area contributed by atoms with Gasteiger partial charge in [-0.05, 0) is 49.9 Å². The molecule has 36 heavy (non-hydrogen) atoms. The van der Waals surface area contributed by atoms with Crippen molar-refractivity contribution < 1.29 is 33.4 Å². The molecule has 0 saturated heterocycles. The third kappa shape index (κ3) is 6.62. The lowest BCUT2D eigenvalue weighted by Crippen LogP contribution is -2.52. The molecule has 9 heteroatoms. The summed E-state index contributed by atoms with van der Waals surface area (Å²) < 4.78 is 15.4. The van der Waals surface area contributed by atoms with E-state index in [0.29, 0.717) is 0 Å². The van der Waals surface area contributed by atoms with Gasteiger partial charge in [0, 0.05) is 5.92 Å². The zero-order valence-corrected chi connectivity index (χ0v) is 21.1. The van der Waals surface area contributed by atoms with Crippen molar-refractivity contribution in [1.82, 2.24) is 10.6 Å². The number of carbonyl (C=O) groups is 4. The Labute approximate surface area is 210 Å². The third-order valence-electron chi connectivity index (χ3n) is 5.66. The summed E-state index contributed by atoms with van der Waals surface area (Å²) in [6.07, 6.45) is -1.31. The minimum Gasteiger partial charge on any atom is -0.467 e. The molecule has 0 saturated carbocycles. The number of esters is 2. The minimum atomic E-state index is -1.32. The fraction of sp³-hybridized carbons (Fsp3) is 0.407. The van der Waals surface area contributed by atoms with Gasteiger partial charge < -0.3 is 24.8 Å². The topological polar surface area (TPSA) is 120 Å². The zero-order valence-electron chi connectivity index (χ0n) is 21.1. The maximum Gasteiger partial charge on any atom is 0.407 e. The number of ether oxygens (including phenoxy) is 3. The molecule has 1 aliphatic rings. The normalized spacial score (nSPS) is 14.0. The maximum absolute atomic E-state index is 12.8. The van der Waals surface area contributed by atoms with Gasteiger partial charge in [-0.15, -0.1) is 0 Å². The van der Waals surface area contributed by atoms with E-state index in [9.17, 15) is 19.2 Å². The van der Waals surface area contributed by atoms with E-state index in [1.807, 2.05) is 48.5 Å². The van der Waals surface area contributed by atoms with Crippen LogP contribution in [0, 0.1) is 0 Å². The molecule has 2 N–H and O–H groups in total. The summed E-state index contributed by atoms with van der Waals surface area (Å²) >= 11 is 0. The van der Waals surface area contributed by atoms with Gasteiger partial charge in [-0.3, -0.25) is 9.59 Å². The minimum absolute atomic E-state index is 0.0409. The first kappa shape index (κ1) is 26.7. The Balaban J connectivity index is 1.69. The summed E-state index contributed by atoms with van der Waals surface area (Å²) in [4.78, 5) is 49.6. The van der Waals surface area contributed by atoms with E-state index in [4.69, 9.17) is 9.47 Å². The van der Waals surface area contributed by atoms with Crippen molar-refractivity contribution in [2.24, 2.45) is 0 Å². The number of fused-ring (bicyclic) bond motifs is 3. The van der Waals surface area contributed by atoms with Crippen molar-refractivity contribution in [2.75, 3.05) is 13.7 Å². The Bertz CT molecular complexity index is 1090. The van der Waals surface area contributed by atoms with E-state index in [0.717, 1.165) is 22.3 Å². The Morgan fingerprint density at radius 2 is 1.47 bits per heavy atom. The number of nitrogens with one attached hydrogen (secondary N) is 2. The smallest absolute Gasteiger partial charge is 0.407 e. The van der Waals surface area contributed by atoms with Crippen LogP contribution < -0.4 is 10.6 Å². The molecule has 0 spiro atoms. The molecule has 192 valence electrons. The molecule has 2 aromatic carbocycles. The highest BCUT2D eigenvalue weighted by molar-refractivity contribution is 5.92. The van der Waals surface area contributed by atoms with Crippen LogP contribution in [0.1, 0.15) is 51.2 Å². The predicted molar refractivity (Wildman–Crippen MR) is 132 cm³/mol. The summed E-state index contributed by atoms with van der Waals surface area (Å²) in [7, 11) is 1.19. The number of carbonyl (C=O) groups excluding carboxylic acids is 4. The van der Waals surface area contributed by atoms with Crippen LogP contribution in [0.5, 0.6) is 0 Å². The summed E-state index contributed by atoms with van der Waals surface area (Å²) in [5, 5.41) is 4.88. The number of amides is 2. The molecule has 2 aromatic rings.